The highest BCUT2D eigenvalue weighted by Crippen LogP contribution is 1.85. The Hall–Kier alpha value is 0.180. The zero-order chi connectivity index (χ0) is 5.70. The van der Waals surface area contributed by atoms with Gasteiger partial charge in [0.05, 0.1) is 0 Å². The number of halogens is 2. The summed E-state index contributed by atoms with van der Waals surface area (Å²) in [5.41, 5.74) is 0. The van der Waals surface area contributed by atoms with Gasteiger partial charge in [-0.3, -0.25) is 4.79 Å². The highest BCUT2D eigenvalue weighted by atomic mass is 79.9. The van der Waals surface area contributed by atoms with E-state index in [1.807, 2.05) is 0 Å². The van der Waals surface area contributed by atoms with Crippen molar-refractivity contribution in [1.82, 2.24) is 0 Å². The molecule has 0 atom stereocenters. The molecule has 1 nitrogen and oxygen atoms in total. The number of rotatable bonds is 2. The van der Waals surface area contributed by atoms with Crippen LogP contribution in [0.2, 0.25) is 0 Å². The minimum absolute atomic E-state index is 0.431. The molecule has 0 radical (unpaired) electrons. The van der Waals surface area contributed by atoms with Gasteiger partial charge in [0.2, 0.25) is 5.24 Å². The monoisotopic (exact) mass is 182 g/mol. The highest BCUT2D eigenvalue weighted by Gasteiger charge is 1.79. The van der Waals surface area contributed by atoms with Crippen LogP contribution in [0.25, 0.3) is 0 Å². The zero-order valence-electron chi connectivity index (χ0n) is 3.53. The second-order valence-electron chi connectivity index (χ2n) is 0.861. The molecular formula is C4H4BrClO. The average Bonchev–Trinajstić information content (AvgIpc) is 1.61. The van der Waals surface area contributed by atoms with Crippen LogP contribution in [0.1, 0.15) is 0 Å². The van der Waals surface area contributed by atoms with Gasteiger partial charge in [-0.2, -0.15) is 0 Å². The Balaban J connectivity index is 3.26. The molecule has 0 fully saturated rings. The van der Waals surface area contributed by atoms with Gasteiger partial charge in [0.1, 0.15) is 0 Å². The van der Waals surface area contributed by atoms with Crippen molar-refractivity contribution in [3.05, 3.63) is 12.2 Å². The van der Waals surface area contributed by atoms with E-state index in [1.54, 1.807) is 6.08 Å². The normalized spacial score (nSPS) is 10.0. The fraction of sp³-hybridized carbons (Fsp3) is 0.250. The van der Waals surface area contributed by atoms with Gasteiger partial charge in [0, 0.05) is 5.33 Å². The molecule has 0 aromatic rings. The Bertz CT molecular complexity index is 89.7. The van der Waals surface area contributed by atoms with Crippen LogP contribution in [0, 0.1) is 0 Å². The van der Waals surface area contributed by atoms with Crippen LogP contribution in [0.3, 0.4) is 0 Å². The minimum Gasteiger partial charge on any atom is -0.276 e. The van der Waals surface area contributed by atoms with Gasteiger partial charge in [-0.05, 0) is 17.7 Å². The molecule has 0 saturated heterocycles. The van der Waals surface area contributed by atoms with Crippen LogP contribution in [0.4, 0.5) is 0 Å². The third-order valence-electron chi connectivity index (χ3n) is 0.338. The lowest BCUT2D eigenvalue weighted by Gasteiger charge is -1.70. The first-order chi connectivity index (χ1) is 3.27. The predicted molar refractivity (Wildman–Crippen MR) is 33.8 cm³/mol. The summed E-state index contributed by atoms with van der Waals surface area (Å²) in [6.07, 6.45) is 2.94. The molecule has 0 bridgehead atoms. The summed E-state index contributed by atoms with van der Waals surface area (Å²) in [6, 6.07) is 0. The Morgan fingerprint density at radius 3 is 2.57 bits per heavy atom. The van der Waals surface area contributed by atoms with E-state index in [2.05, 4.69) is 15.9 Å². The molecule has 3 heteroatoms. The lowest BCUT2D eigenvalue weighted by atomic mass is 10.6. The topological polar surface area (TPSA) is 17.1 Å². The standard InChI is InChI=1S/C4H4BrClO/c5-3-1-2-4(6)7/h1-2H,3H2/b2-1-. The Labute approximate surface area is 55.5 Å². The summed E-state index contributed by atoms with van der Waals surface area (Å²) in [6.45, 7) is 0. The number of hydrogen-bond donors (Lipinski definition) is 0. The smallest absolute Gasteiger partial charge is 0.244 e. The van der Waals surface area contributed by atoms with Crippen LogP contribution in [0.5, 0.6) is 0 Å². The van der Waals surface area contributed by atoms with Crippen LogP contribution in [0.15, 0.2) is 12.2 Å². The minimum atomic E-state index is -0.431. The lowest BCUT2D eigenvalue weighted by Crippen LogP contribution is -1.73. The zero-order valence-corrected chi connectivity index (χ0v) is 5.87. The molecule has 0 N–H and O–H groups in total. The molecule has 7 heavy (non-hydrogen) atoms. The third-order valence-corrected chi connectivity index (χ3v) is 0.838. The first-order valence-electron chi connectivity index (χ1n) is 1.69. The molecule has 0 aromatic heterocycles. The summed E-state index contributed by atoms with van der Waals surface area (Å²) in [5, 5.41) is 0.241. The molecule has 0 spiro atoms. The van der Waals surface area contributed by atoms with Crippen LogP contribution < -0.4 is 0 Å². The molecule has 0 rings (SSSR count). The molecule has 0 heterocycles. The van der Waals surface area contributed by atoms with Crippen molar-refractivity contribution in [3.63, 3.8) is 0 Å². The van der Waals surface area contributed by atoms with Gasteiger partial charge in [-0.1, -0.05) is 22.0 Å². The van der Waals surface area contributed by atoms with Crippen molar-refractivity contribution in [2.75, 3.05) is 5.33 Å². The summed E-state index contributed by atoms with van der Waals surface area (Å²) >= 11 is 7.99. The van der Waals surface area contributed by atoms with Crippen molar-refractivity contribution >= 4 is 32.8 Å². The van der Waals surface area contributed by atoms with E-state index >= 15 is 0 Å². The van der Waals surface area contributed by atoms with Crippen molar-refractivity contribution in [1.29, 1.82) is 0 Å². The SMILES string of the molecule is O=C(Cl)/C=C\CBr. The highest BCUT2D eigenvalue weighted by molar-refractivity contribution is 9.09. The third kappa shape index (κ3) is 6.18. The van der Waals surface area contributed by atoms with Gasteiger partial charge in [-0.25, -0.2) is 0 Å². The van der Waals surface area contributed by atoms with Gasteiger partial charge in [-0.15, -0.1) is 0 Å². The maximum atomic E-state index is 9.86. The van der Waals surface area contributed by atoms with E-state index in [0.29, 0.717) is 5.33 Å². The second kappa shape index (κ2) is 4.34. The Kier molecular flexibility index (Phi) is 4.45. The number of hydrogen-bond acceptors (Lipinski definition) is 1. The average molecular weight is 183 g/mol. The molecule has 0 aliphatic heterocycles. The van der Waals surface area contributed by atoms with E-state index < -0.39 is 5.24 Å². The molecule has 40 valence electrons. The first-order valence-corrected chi connectivity index (χ1v) is 3.19. The lowest BCUT2D eigenvalue weighted by molar-refractivity contribution is -0.107. The van der Waals surface area contributed by atoms with E-state index in [9.17, 15) is 4.79 Å². The quantitative estimate of drug-likeness (QED) is 0.362. The molecular weight excluding hydrogens is 179 g/mol. The van der Waals surface area contributed by atoms with Crippen LogP contribution >= 0.6 is 27.5 Å². The van der Waals surface area contributed by atoms with Crippen molar-refractivity contribution < 1.29 is 4.79 Å². The fourth-order valence-electron chi connectivity index (χ4n) is 0.137. The summed E-state index contributed by atoms with van der Waals surface area (Å²) < 4.78 is 0. The van der Waals surface area contributed by atoms with Crippen molar-refractivity contribution in [2.24, 2.45) is 0 Å². The number of carbonyl (C=O) groups is 1. The van der Waals surface area contributed by atoms with E-state index in [0.717, 1.165) is 0 Å². The van der Waals surface area contributed by atoms with E-state index in [4.69, 9.17) is 11.6 Å². The number of carbonyl (C=O) groups excluding carboxylic acids is 1. The summed E-state index contributed by atoms with van der Waals surface area (Å²) in [4.78, 5) is 9.86. The Morgan fingerprint density at radius 1 is 1.86 bits per heavy atom. The molecule has 0 unspecified atom stereocenters. The van der Waals surface area contributed by atoms with Crippen molar-refractivity contribution in [2.45, 2.75) is 0 Å². The van der Waals surface area contributed by atoms with Crippen LogP contribution in [-0.4, -0.2) is 10.6 Å². The summed E-state index contributed by atoms with van der Waals surface area (Å²) in [7, 11) is 0. The fourth-order valence-corrected chi connectivity index (χ4v) is 0.413. The van der Waals surface area contributed by atoms with Gasteiger partial charge in [0.15, 0.2) is 0 Å². The van der Waals surface area contributed by atoms with Gasteiger partial charge >= 0.3 is 0 Å². The largest absolute Gasteiger partial charge is 0.276 e. The Morgan fingerprint density at radius 2 is 2.43 bits per heavy atom. The maximum Gasteiger partial charge on any atom is 0.244 e. The first kappa shape index (κ1) is 7.18. The predicted octanol–water partition coefficient (Wildman–Crippen LogP) is 1.70. The second-order valence-corrected chi connectivity index (χ2v) is 1.88. The van der Waals surface area contributed by atoms with Gasteiger partial charge < -0.3 is 0 Å². The molecule has 0 saturated carbocycles. The molecule has 0 amide bonds. The maximum absolute atomic E-state index is 9.86. The van der Waals surface area contributed by atoms with Crippen LogP contribution in [-0.2, 0) is 4.79 Å². The summed E-state index contributed by atoms with van der Waals surface area (Å²) in [5.74, 6) is 0. The van der Waals surface area contributed by atoms with E-state index in [1.165, 1.54) is 6.08 Å². The molecule has 0 aliphatic rings. The van der Waals surface area contributed by atoms with E-state index in [-0.39, 0.29) is 0 Å². The number of alkyl halides is 1. The van der Waals surface area contributed by atoms with Gasteiger partial charge in [0.25, 0.3) is 0 Å². The van der Waals surface area contributed by atoms with Crippen molar-refractivity contribution in [3.8, 4) is 0 Å². The number of allylic oxidation sites excluding steroid dienone is 2. The molecule has 0 aromatic carbocycles. The molecule has 0 aliphatic carbocycles.